The molecule has 1 saturated heterocycles. The second-order valence-electron chi connectivity index (χ2n) is 3.43. The molecule has 1 rings (SSSR count). The van der Waals surface area contributed by atoms with Gasteiger partial charge in [-0.25, -0.2) is 0 Å². The minimum Gasteiger partial charge on any atom is -0.317 e. The fraction of sp³-hybridized carbons (Fsp3) is 1.00. The van der Waals surface area contributed by atoms with E-state index < -0.39 is 0 Å². The van der Waals surface area contributed by atoms with Crippen LogP contribution in [0.1, 0.15) is 26.7 Å². The van der Waals surface area contributed by atoms with Gasteiger partial charge in [0.15, 0.2) is 0 Å². The third kappa shape index (κ3) is 1.96. The number of hydrogen-bond acceptors (Lipinski definition) is 2. The third-order valence-corrected chi connectivity index (χ3v) is 2.25. The third-order valence-electron chi connectivity index (χ3n) is 2.25. The molecule has 2 heteroatoms. The Bertz CT molecular complexity index is 93.4. The average molecular weight is 142 g/mol. The Morgan fingerprint density at radius 3 is 2.10 bits per heavy atom. The van der Waals surface area contributed by atoms with Gasteiger partial charge in [0.25, 0.3) is 0 Å². The van der Waals surface area contributed by atoms with Crippen LogP contribution in [0.4, 0.5) is 0 Å². The van der Waals surface area contributed by atoms with Gasteiger partial charge < -0.3 is 10.6 Å². The lowest BCUT2D eigenvalue weighted by Crippen LogP contribution is -2.48. The number of hydrogen-bond donors (Lipinski definition) is 2. The summed E-state index contributed by atoms with van der Waals surface area (Å²) < 4.78 is 0. The molecule has 0 aromatic rings. The van der Waals surface area contributed by atoms with Crippen molar-refractivity contribution in [2.24, 2.45) is 0 Å². The summed E-state index contributed by atoms with van der Waals surface area (Å²) in [4.78, 5) is 0. The molecule has 0 aliphatic carbocycles. The van der Waals surface area contributed by atoms with Gasteiger partial charge in [-0.15, -0.1) is 0 Å². The fourth-order valence-electron chi connectivity index (χ4n) is 1.81. The standard InChI is InChI=1S/C8H18N2/c1-6-4-8(9-3)5-7(2)10-6/h6-10H,4-5H2,1-3H3/t6-,7+,8?. The SMILES string of the molecule is CNC1C[C@@H](C)N[C@@H](C)C1. The Morgan fingerprint density at radius 2 is 1.70 bits per heavy atom. The zero-order chi connectivity index (χ0) is 7.56. The smallest absolute Gasteiger partial charge is 0.00934 e. The number of piperidine rings is 1. The summed E-state index contributed by atoms with van der Waals surface area (Å²) in [6.07, 6.45) is 2.53. The highest BCUT2D eigenvalue weighted by Crippen LogP contribution is 2.12. The lowest BCUT2D eigenvalue weighted by atomic mass is 9.96. The van der Waals surface area contributed by atoms with E-state index in [1.54, 1.807) is 0 Å². The van der Waals surface area contributed by atoms with Crippen molar-refractivity contribution in [3.05, 3.63) is 0 Å². The van der Waals surface area contributed by atoms with E-state index in [0.717, 1.165) is 6.04 Å². The van der Waals surface area contributed by atoms with E-state index >= 15 is 0 Å². The van der Waals surface area contributed by atoms with E-state index in [2.05, 4.69) is 31.5 Å². The molecule has 1 fully saturated rings. The molecule has 1 aliphatic heterocycles. The van der Waals surface area contributed by atoms with Crippen LogP contribution >= 0.6 is 0 Å². The Hall–Kier alpha value is -0.0800. The van der Waals surface area contributed by atoms with Gasteiger partial charge in [0.1, 0.15) is 0 Å². The maximum absolute atomic E-state index is 3.50. The molecule has 0 saturated carbocycles. The van der Waals surface area contributed by atoms with Crippen LogP contribution in [0.3, 0.4) is 0 Å². The zero-order valence-electron chi connectivity index (χ0n) is 7.15. The predicted molar refractivity (Wildman–Crippen MR) is 44.1 cm³/mol. The Kier molecular flexibility index (Phi) is 2.69. The molecule has 10 heavy (non-hydrogen) atoms. The van der Waals surface area contributed by atoms with Crippen LogP contribution in [0.5, 0.6) is 0 Å². The van der Waals surface area contributed by atoms with Gasteiger partial charge in [-0.1, -0.05) is 0 Å². The van der Waals surface area contributed by atoms with E-state index in [9.17, 15) is 0 Å². The molecule has 2 N–H and O–H groups in total. The van der Waals surface area contributed by atoms with Crippen molar-refractivity contribution >= 4 is 0 Å². The normalized spacial score (nSPS) is 41.7. The first-order valence-corrected chi connectivity index (χ1v) is 4.15. The van der Waals surface area contributed by atoms with Gasteiger partial charge in [-0.05, 0) is 33.7 Å². The minimum absolute atomic E-state index is 0.682. The van der Waals surface area contributed by atoms with Crippen molar-refractivity contribution in [1.29, 1.82) is 0 Å². The highest BCUT2D eigenvalue weighted by Gasteiger charge is 2.20. The highest BCUT2D eigenvalue weighted by molar-refractivity contribution is 4.83. The van der Waals surface area contributed by atoms with Gasteiger partial charge in [-0.3, -0.25) is 0 Å². The van der Waals surface area contributed by atoms with Gasteiger partial charge in [0.05, 0.1) is 0 Å². The van der Waals surface area contributed by atoms with Crippen molar-refractivity contribution in [3.63, 3.8) is 0 Å². The van der Waals surface area contributed by atoms with Crippen LogP contribution in [0.15, 0.2) is 0 Å². The van der Waals surface area contributed by atoms with Crippen LogP contribution in [0.25, 0.3) is 0 Å². The molecule has 0 aromatic carbocycles. The molecule has 0 aromatic heterocycles. The second kappa shape index (κ2) is 3.35. The number of rotatable bonds is 1. The quantitative estimate of drug-likeness (QED) is 0.564. The van der Waals surface area contributed by atoms with E-state index in [1.165, 1.54) is 12.8 Å². The molecule has 0 radical (unpaired) electrons. The van der Waals surface area contributed by atoms with E-state index in [1.807, 2.05) is 0 Å². The molecule has 1 heterocycles. The second-order valence-corrected chi connectivity index (χ2v) is 3.43. The van der Waals surface area contributed by atoms with Gasteiger partial charge >= 0.3 is 0 Å². The Morgan fingerprint density at radius 1 is 1.20 bits per heavy atom. The maximum atomic E-state index is 3.50. The average Bonchev–Trinajstić information content (AvgIpc) is 1.85. The predicted octanol–water partition coefficient (Wildman–Crippen LogP) is 0.735. The molecule has 3 atom stereocenters. The molecular weight excluding hydrogens is 124 g/mol. The van der Waals surface area contributed by atoms with Crippen LogP contribution in [0, 0.1) is 0 Å². The summed E-state index contributed by atoms with van der Waals surface area (Å²) in [6.45, 7) is 4.50. The lowest BCUT2D eigenvalue weighted by molar-refractivity contribution is 0.292. The first-order valence-electron chi connectivity index (χ1n) is 4.15. The Balaban J connectivity index is 2.35. The van der Waals surface area contributed by atoms with E-state index in [-0.39, 0.29) is 0 Å². The van der Waals surface area contributed by atoms with Crippen LogP contribution in [-0.4, -0.2) is 25.2 Å². The monoisotopic (exact) mass is 142 g/mol. The summed E-state index contributed by atoms with van der Waals surface area (Å²) >= 11 is 0. The molecule has 0 amide bonds. The van der Waals surface area contributed by atoms with Crippen LogP contribution in [0.2, 0.25) is 0 Å². The summed E-state index contributed by atoms with van der Waals surface area (Å²) in [5, 5.41) is 6.83. The van der Waals surface area contributed by atoms with Crippen molar-refractivity contribution in [2.75, 3.05) is 7.05 Å². The van der Waals surface area contributed by atoms with Gasteiger partial charge in [-0.2, -0.15) is 0 Å². The molecular formula is C8H18N2. The minimum atomic E-state index is 0.682. The Labute approximate surface area is 63.4 Å². The van der Waals surface area contributed by atoms with Crippen LogP contribution in [-0.2, 0) is 0 Å². The number of nitrogens with one attached hydrogen (secondary N) is 2. The molecule has 0 bridgehead atoms. The van der Waals surface area contributed by atoms with Crippen LogP contribution < -0.4 is 10.6 Å². The van der Waals surface area contributed by atoms with Crippen molar-refractivity contribution in [2.45, 2.75) is 44.8 Å². The summed E-state index contributed by atoms with van der Waals surface area (Å²) in [7, 11) is 2.05. The van der Waals surface area contributed by atoms with Gasteiger partial charge in [0.2, 0.25) is 0 Å². The summed E-state index contributed by atoms with van der Waals surface area (Å²) in [5.41, 5.74) is 0. The van der Waals surface area contributed by atoms with Crippen molar-refractivity contribution < 1.29 is 0 Å². The van der Waals surface area contributed by atoms with Gasteiger partial charge in [0, 0.05) is 18.1 Å². The first-order chi connectivity index (χ1) is 4.72. The molecule has 1 unspecified atom stereocenters. The molecule has 2 nitrogen and oxygen atoms in total. The molecule has 0 spiro atoms. The lowest BCUT2D eigenvalue weighted by Gasteiger charge is -2.32. The first kappa shape index (κ1) is 8.02. The fourth-order valence-corrected chi connectivity index (χ4v) is 1.81. The molecule has 1 aliphatic rings. The van der Waals surface area contributed by atoms with Crippen molar-refractivity contribution in [1.82, 2.24) is 10.6 Å². The topological polar surface area (TPSA) is 24.1 Å². The highest BCUT2D eigenvalue weighted by atomic mass is 15.0. The summed E-state index contributed by atoms with van der Waals surface area (Å²) in [5.74, 6) is 0. The summed E-state index contributed by atoms with van der Waals surface area (Å²) in [6, 6.07) is 2.09. The van der Waals surface area contributed by atoms with E-state index in [0.29, 0.717) is 12.1 Å². The largest absolute Gasteiger partial charge is 0.317 e. The van der Waals surface area contributed by atoms with E-state index in [4.69, 9.17) is 0 Å². The maximum Gasteiger partial charge on any atom is 0.00934 e. The zero-order valence-corrected chi connectivity index (χ0v) is 7.15. The van der Waals surface area contributed by atoms with Crippen molar-refractivity contribution in [3.8, 4) is 0 Å². The molecule has 60 valence electrons.